The van der Waals surface area contributed by atoms with Gasteiger partial charge in [0.05, 0.1) is 17.0 Å². The van der Waals surface area contributed by atoms with Gasteiger partial charge in [-0.25, -0.2) is 0 Å². The summed E-state index contributed by atoms with van der Waals surface area (Å²) in [6.07, 6.45) is 4.93. The second-order valence-corrected chi connectivity index (χ2v) is 5.14. The third-order valence-electron chi connectivity index (χ3n) is 2.82. The molecule has 1 saturated carbocycles. The number of hydrogen-bond donors (Lipinski definition) is 0. The average molecular weight is 280 g/mol. The van der Waals surface area contributed by atoms with Crippen molar-refractivity contribution in [3.63, 3.8) is 0 Å². The van der Waals surface area contributed by atoms with Gasteiger partial charge in [0, 0.05) is 10.6 Å². The average Bonchev–Trinajstić information content (AvgIpc) is 2.74. The molecule has 0 bridgehead atoms. The first-order valence-corrected chi connectivity index (χ1v) is 6.70. The first-order chi connectivity index (χ1) is 7.70. The Morgan fingerprint density at radius 1 is 1.19 bits per heavy atom. The van der Waals surface area contributed by atoms with Gasteiger partial charge in [-0.05, 0) is 37.8 Å². The van der Waals surface area contributed by atoms with Crippen molar-refractivity contribution in [2.24, 2.45) is 0 Å². The van der Waals surface area contributed by atoms with Crippen LogP contribution in [0.4, 0.5) is 0 Å². The fraction of sp³-hybridized carbons (Fsp3) is 0.500. The van der Waals surface area contributed by atoms with E-state index in [0.29, 0.717) is 21.7 Å². The van der Waals surface area contributed by atoms with Crippen molar-refractivity contribution in [1.82, 2.24) is 0 Å². The lowest BCUT2D eigenvalue weighted by molar-refractivity contribution is 0.208. The monoisotopic (exact) mass is 278 g/mol. The zero-order chi connectivity index (χ0) is 11.5. The van der Waals surface area contributed by atoms with Crippen LogP contribution in [0.25, 0.3) is 0 Å². The molecule has 0 unspecified atom stereocenters. The van der Waals surface area contributed by atoms with Crippen LogP contribution in [-0.4, -0.2) is 6.10 Å². The first kappa shape index (κ1) is 12.3. The summed E-state index contributed by atoms with van der Waals surface area (Å²) in [4.78, 5) is 0. The van der Waals surface area contributed by atoms with Crippen LogP contribution in [0, 0.1) is 0 Å². The summed E-state index contributed by atoms with van der Waals surface area (Å²) in [5.74, 6) is 1.07. The molecule has 4 heteroatoms. The molecule has 1 nitrogen and oxygen atoms in total. The van der Waals surface area contributed by atoms with Crippen LogP contribution in [0.15, 0.2) is 12.1 Å². The van der Waals surface area contributed by atoms with Crippen molar-refractivity contribution in [1.29, 1.82) is 0 Å². The first-order valence-electron chi connectivity index (χ1n) is 5.41. The molecule has 16 heavy (non-hydrogen) atoms. The summed E-state index contributed by atoms with van der Waals surface area (Å²) < 4.78 is 5.91. The van der Waals surface area contributed by atoms with Gasteiger partial charge in [-0.15, -0.1) is 11.6 Å². The zero-order valence-corrected chi connectivity index (χ0v) is 11.1. The van der Waals surface area contributed by atoms with E-state index in [1.165, 1.54) is 12.8 Å². The highest BCUT2D eigenvalue weighted by Gasteiger charge is 2.19. The molecule has 1 aromatic rings. The Hall–Kier alpha value is -0.110. The molecule has 0 saturated heterocycles. The Morgan fingerprint density at radius 2 is 1.88 bits per heavy atom. The molecule has 0 atom stereocenters. The molecule has 1 aliphatic carbocycles. The topological polar surface area (TPSA) is 9.23 Å². The molecule has 0 aliphatic heterocycles. The number of ether oxygens (including phenoxy) is 1. The van der Waals surface area contributed by atoms with Gasteiger partial charge >= 0.3 is 0 Å². The number of benzene rings is 1. The molecule has 1 aromatic carbocycles. The van der Waals surface area contributed by atoms with E-state index >= 15 is 0 Å². The normalized spacial score (nSPS) is 16.7. The van der Waals surface area contributed by atoms with Crippen LogP contribution in [-0.2, 0) is 5.88 Å². The summed E-state index contributed by atoms with van der Waals surface area (Å²) >= 11 is 17.9. The fourth-order valence-electron chi connectivity index (χ4n) is 2.02. The highest BCUT2D eigenvalue weighted by molar-refractivity contribution is 6.36. The van der Waals surface area contributed by atoms with Crippen LogP contribution in [0.2, 0.25) is 10.0 Å². The molecule has 0 amide bonds. The van der Waals surface area contributed by atoms with E-state index in [1.807, 2.05) is 6.07 Å². The van der Waals surface area contributed by atoms with Gasteiger partial charge in [-0.3, -0.25) is 0 Å². The summed E-state index contributed by atoms with van der Waals surface area (Å²) in [7, 11) is 0. The van der Waals surface area contributed by atoms with Gasteiger partial charge in [-0.1, -0.05) is 23.2 Å². The Morgan fingerprint density at radius 3 is 2.50 bits per heavy atom. The van der Waals surface area contributed by atoms with E-state index in [4.69, 9.17) is 39.5 Å². The number of hydrogen-bond acceptors (Lipinski definition) is 1. The highest BCUT2D eigenvalue weighted by Crippen LogP contribution is 2.36. The molecular weight excluding hydrogens is 266 g/mol. The Kier molecular flexibility index (Phi) is 4.23. The van der Waals surface area contributed by atoms with Gasteiger partial charge in [0.2, 0.25) is 0 Å². The molecule has 2 rings (SSSR count). The molecule has 1 aliphatic rings. The lowest BCUT2D eigenvalue weighted by atomic mass is 10.2. The Bertz CT molecular complexity index is 373. The molecular formula is C12H13Cl3O. The van der Waals surface area contributed by atoms with Crippen LogP contribution in [0.3, 0.4) is 0 Å². The van der Waals surface area contributed by atoms with Gasteiger partial charge in [-0.2, -0.15) is 0 Å². The van der Waals surface area contributed by atoms with Crippen LogP contribution in [0.5, 0.6) is 5.75 Å². The third-order valence-corrected chi connectivity index (χ3v) is 3.60. The lowest BCUT2D eigenvalue weighted by Crippen LogP contribution is -2.12. The van der Waals surface area contributed by atoms with Crippen LogP contribution < -0.4 is 4.74 Å². The number of rotatable bonds is 3. The van der Waals surface area contributed by atoms with Crippen LogP contribution in [0.1, 0.15) is 31.2 Å². The standard InChI is InChI=1S/C12H13Cl3O/c13-7-8-5-9(14)6-11(15)12(8)16-10-3-1-2-4-10/h5-6,10H,1-4,7H2. The highest BCUT2D eigenvalue weighted by atomic mass is 35.5. The van der Waals surface area contributed by atoms with Gasteiger partial charge in [0.25, 0.3) is 0 Å². The van der Waals surface area contributed by atoms with E-state index in [2.05, 4.69) is 0 Å². The lowest BCUT2D eigenvalue weighted by Gasteiger charge is -2.17. The van der Waals surface area contributed by atoms with Crippen molar-refractivity contribution in [3.05, 3.63) is 27.7 Å². The maximum absolute atomic E-state index is 6.12. The molecule has 0 aromatic heterocycles. The van der Waals surface area contributed by atoms with E-state index in [9.17, 15) is 0 Å². The van der Waals surface area contributed by atoms with E-state index in [-0.39, 0.29) is 6.10 Å². The van der Waals surface area contributed by atoms with E-state index in [0.717, 1.165) is 18.4 Å². The third kappa shape index (κ3) is 2.77. The van der Waals surface area contributed by atoms with Crippen LogP contribution >= 0.6 is 34.8 Å². The zero-order valence-electron chi connectivity index (χ0n) is 8.81. The Labute approximate surface area is 111 Å². The van der Waals surface area contributed by atoms with Crippen molar-refractivity contribution in [2.75, 3.05) is 0 Å². The predicted octanol–water partition coefficient (Wildman–Crippen LogP) is 5.05. The largest absolute Gasteiger partial charge is 0.489 e. The molecule has 0 heterocycles. The number of halogens is 3. The van der Waals surface area contributed by atoms with Gasteiger partial charge in [0.15, 0.2) is 0 Å². The van der Waals surface area contributed by atoms with Crippen molar-refractivity contribution in [3.8, 4) is 5.75 Å². The van der Waals surface area contributed by atoms with Gasteiger partial charge in [0.1, 0.15) is 5.75 Å². The van der Waals surface area contributed by atoms with Crippen molar-refractivity contribution in [2.45, 2.75) is 37.7 Å². The second-order valence-electron chi connectivity index (χ2n) is 4.03. The quantitative estimate of drug-likeness (QED) is 0.703. The minimum absolute atomic E-state index is 0.278. The van der Waals surface area contributed by atoms with Crippen molar-refractivity contribution >= 4 is 34.8 Å². The minimum atomic E-state index is 0.278. The summed E-state index contributed by atoms with van der Waals surface area (Å²) in [6, 6.07) is 3.51. The molecule has 88 valence electrons. The molecule has 0 spiro atoms. The smallest absolute Gasteiger partial charge is 0.142 e. The number of alkyl halides is 1. The predicted molar refractivity (Wildman–Crippen MR) is 68.9 cm³/mol. The van der Waals surface area contributed by atoms with Crippen molar-refractivity contribution < 1.29 is 4.74 Å². The van der Waals surface area contributed by atoms with E-state index in [1.54, 1.807) is 6.07 Å². The molecule has 0 N–H and O–H groups in total. The SMILES string of the molecule is ClCc1cc(Cl)cc(Cl)c1OC1CCCC1. The summed E-state index contributed by atoms with van der Waals surface area (Å²) in [6.45, 7) is 0. The fourth-order valence-corrected chi connectivity index (χ4v) is 2.80. The minimum Gasteiger partial charge on any atom is -0.489 e. The van der Waals surface area contributed by atoms with E-state index < -0.39 is 0 Å². The maximum atomic E-state index is 6.12. The molecule has 1 fully saturated rings. The Balaban J connectivity index is 2.23. The molecule has 0 radical (unpaired) electrons. The summed E-state index contributed by atoms with van der Waals surface area (Å²) in [5.41, 5.74) is 0.867. The second kappa shape index (κ2) is 5.48. The van der Waals surface area contributed by atoms with Gasteiger partial charge < -0.3 is 4.74 Å². The maximum Gasteiger partial charge on any atom is 0.142 e. The summed E-state index contributed by atoms with van der Waals surface area (Å²) in [5, 5.41) is 1.15.